The van der Waals surface area contributed by atoms with Gasteiger partial charge in [-0.1, -0.05) is 0 Å². The number of fused-ring (bicyclic) bond motifs is 1. The second-order valence-electron chi connectivity index (χ2n) is 4.80. The highest BCUT2D eigenvalue weighted by molar-refractivity contribution is 7.80. The first-order chi connectivity index (χ1) is 8.67. The lowest BCUT2D eigenvalue weighted by molar-refractivity contribution is -0.117. The molecule has 1 aromatic heterocycles. The van der Waals surface area contributed by atoms with Crippen molar-refractivity contribution in [2.75, 3.05) is 17.2 Å². The third-order valence-corrected chi connectivity index (χ3v) is 3.89. The van der Waals surface area contributed by atoms with Crippen LogP contribution in [0.4, 0.5) is 5.69 Å². The molecule has 4 nitrogen and oxygen atoms in total. The zero-order valence-electron chi connectivity index (χ0n) is 10.2. The fourth-order valence-electron chi connectivity index (χ4n) is 2.46. The molecule has 1 aromatic carbocycles. The number of carbonyl (C=O) groups is 1. The molecule has 94 valence electrons. The maximum Gasteiger partial charge on any atom is 0.227 e. The van der Waals surface area contributed by atoms with E-state index < -0.39 is 0 Å². The van der Waals surface area contributed by atoms with E-state index in [4.69, 9.17) is 0 Å². The molecule has 0 spiro atoms. The summed E-state index contributed by atoms with van der Waals surface area (Å²) >= 11 is 4.28. The van der Waals surface area contributed by atoms with Crippen LogP contribution in [0, 0.1) is 5.92 Å². The molecular weight excluding hydrogens is 246 g/mol. The fourth-order valence-corrected chi connectivity index (χ4v) is 2.70. The third-order valence-electron chi connectivity index (χ3n) is 3.38. The zero-order chi connectivity index (χ0) is 12.7. The van der Waals surface area contributed by atoms with Crippen molar-refractivity contribution in [1.82, 2.24) is 9.78 Å². The van der Waals surface area contributed by atoms with E-state index in [1.54, 1.807) is 4.68 Å². The maximum absolute atomic E-state index is 12.0. The van der Waals surface area contributed by atoms with Crippen molar-refractivity contribution in [3.05, 3.63) is 24.4 Å². The number of anilines is 1. The minimum absolute atomic E-state index is 0.192. The molecule has 2 aromatic rings. The molecule has 1 saturated heterocycles. The molecule has 1 unspecified atom stereocenters. The molecule has 0 bridgehead atoms. The predicted octanol–water partition coefficient (Wildman–Crippen LogP) is 1.86. The largest absolute Gasteiger partial charge is 0.312 e. The molecule has 1 aliphatic heterocycles. The molecule has 1 aliphatic rings. The number of hydrogen-bond donors (Lipinski definition) is 1. The number of thiol groups is 1. The Hall–Kier alpha value is -1.49. The molecule has 1 amide bonds. The van der Waals surface area contributed by atoms with Crippen molar-refractivity contribution in [2.45, 2.75) is 6.42 Å². The zero-order valence-corrected chi connectivity index (χ0v) is 11.1. The van der Waals surface area contributed by atoms with E-state index in [0.29, 0.717) is 12.3 Å². The van der Waals surface area contributed by atoms with Crippen molar-refractivity contribution >= 4 is 35.1 Å². The molecule has 2 heterocycles. The number of benzene rings is 1. The Kier molecular flexibility index (Phi) is 2.78. The third kappa shape index (κ3) is 1.88. The van der Waals surface area contributed by atoms with Crippen LogP contribution >= 0.6 is 12.6 Å². The average molecular weight is 261 g/mol. The summed E-state index contributed by atoms with van der Waals surface area (Å²) in [7, 11) is 1.90. The number of carbonyl (C=O) groups excluding carboxylic acids is 1. The van der Waals surface area contributed by atoms with Crippen LogP contribution in [-0.2, 0) is 11.8 Å². The van der Waals surface area contributed by atoms with Crippen LogP contribution in [0.25, 0.3) is 10.9 Å². The Morgan fingerprint density at radius 1 is 1.50 bits per heavy atom. The Balaban J connectivity index is 1.96. The molecule has 1 atom stereocenters. The van der Waals surface area contributed by atoms with Crippen molar-refractivity contribution in [3.63, 3.8) is 0 Å². The van der Waals surface area contributed by atoms with Crippen LogP contribution in [-0.4, -0.2) is 28.0 Å². The van der Waals surface area contributed by atoms with Crippen LogP contribution in [0.1, 0.15) is 6.42 Å². The smallest absolute Gasteiger partial charge is 0.227 e. The molecule has 0 radical (unpaired) electrons. The summed E-state index contributed by atoms with van der Waals surface area (Å²) in [6.45, 7) is 0.772. The van der Waals surface area contributed by atoms with Crippen LogP contribution in [0.2, 0.25) is 0 Å². The Labute approximate surface area is 111 Å². The van der Waals surface area contributed by atoms with Crippen LogP contribution in [0.15, 0.2) is 24.4 Å². The minimum atomic E-state index is 0.192. The lowest BCUT2D eigenvalue weighted by Gasteiger charge is -2.16. The monoisotopic (exact) mass is 261 g/mol. The van der Waals surface area contributed by atoms with Crippen LogP contribution in [0.3, 0.4) is 0 Å². The van der Waals surface area contributed by atoms with Gasteiger partial charge in [-0.3, -0.25) is 9.48 Å². The molecule has 0 N–H and O–H groups in total. The molecule has 0 aliphatic carbocycles. The van der Waals surface area contributed by atoms with Gasteiger partial charge in [0.2, 0.25) is 5.91 Å². The first-order valence-corrected chi connectivity index (χ1v) is 6.65. The van der Waals surface area contributed by atoms with Gasteiger partial charge in [-0.05, 0) is 29.9 Å². The standard InChI is InChI=1S/C13H15N3OS/c1-15-7-10-5-11(2-3-12(10)14-15)16-6-9(8-18)4-13(16)17/h2-3,5,7,9,18H,4,6,8H2,1H3. The number of amides is 1. The molecule has 18 heavy (non-hydrogen) atoms. The predicted molar refractivity (Wildman–Crippen MR) is 75.0 cm³/mol. The lowest BCUT2D eigenvalue weighted by atomic mass is 10.1. The molecule has 3 rings (SSSR count). The van der Waals surface area contributed by atoms with Crippen LogP contribution in [0.5, 0.6) is 0 Å². The van der Waals surface area contributed by atoms with E-state index in [1.165, 1.54) is 0 Å². The van der Waals surface area contributed by atoms with Gasteiger partial charge >= 0.3 is 0 Å². The highest BCUT2D eigenvalue weighted by Crippen LogP contribution is 2.28. The number of nitrogens with zero attached hydrogens (tertiary/aromatic N) is 3. The van der Waals surface area contributed by atoms with E-state index in [1.807, 2.05) is 36.3 Å². The van der Waals surface area contributed by atoms with Crippen molar-refractivity contribution < 1.29 is 4.79 Å². The van der Waals surface area contributed by atoms with Gasteiger partial charge in [0.1, 0.15) is 0 Å². The second-order valence-corrected chi connectivity index (χ2v) is 5.17. The van der Waals surface area contributed by atoms with E-state index in [-0.39, 0.29) is 5.91 Å². The molecule has 0 saturated carbocycles. The molecule has 1 fully saturated rings. The van der Waals surface area contributed by atoms with E-state index in [9.17, 15) is 4.79 Å². The highest BCUT2D eigenvalue weighted by atomic mass is 32.1. The second kappa shape index (κ2) is 4.31. The number of hydrogen-bond acceptors (Lipinski definition) is 3. The molecular formula is C13H15N3OS. The first-order valence-electron chi connectivity index (χ1n) is 6.02. The maximum atomic E-state index is 12.0. The summed E-state index contributed by atoms with van der Waals surface area (Å²) < 4.78 is 1.79. The number of aryl methyl sites for hydroxylation is 1. The van der Waals surface area contributed by atoms with Gasteiger partial charge in [-0.2, -0.15) is 17.7 Å². The van der Waals surface area contributed by atoms with Crippen molar-refractivity contribution in [1.29, 1.82) is 0 Å². The summed E-state index contributed by atoms with van der Waals surface area (Å²) in [5.41, 5.74) is 1.92. The first kappa shape index (κ1) is 11.6. The lowest BCUT2D eigenvalue weighted by Crippen LogP contribution is -2.24. The van der Waals surface area contributed by atoms with Crippen LogP contribution < -0.4 is 4.90 Å². The van der Waals surface area contributed by atoms with E-state index >= 15 is 0 Å². The topological polar surface area (TPSA) is 38.1 Å². The summed E-state index contributed by atoms with van der Waals surface area (Å²) in [6.07, 6.45) is 2.57. The number of rotatable bonds is 2. The number of aromatic nitrogens is 2. The van der Waals surface area contributed by atoms with E-state index in [0.717, 1.165) is 28.9 Å². The fraction of sp³-hybridized carbons (Fsp3) is 0.385. The van der Waals surface area contributed by atoms with Gasteiger partial charge in [0.15, 0.2) is 0 Å². The Bertz CT molecular complexity index is 607. The van der Waals surface area contributed by atoms with Crippen molar-refractivity contribution in [3.8, 4) is 0 Å². The van der Waals surface area contributed by atoms with Gasteiger partial charge in [0.05, 0.1) is 5.52 Å². The van der Waals surface area contributed by atoms with Gasteiger partial charge < -0.3 is 4.90 Å². The van der Waals surface area contributed by atoms with Gasteiger partial charge in [-0.15, -0.1) is 0 Å². The summed E-state index contributed by atoms with van der Waals surface area (Å²) in [5, 5.41) is 5.40. The normalized spacial score (nSPS) is 20.0. The Morgan fingerprint density at radius 3 is 3.06 bits per heavy atom. The summed E-state index contributed by atoms with van der Waals surface area (Å²) in [5.74, 6) is 1.32. The Morgan fingerprint density at radius 2 is 2.33 bits per heavy atom. The molecule has 5 heteroatoms. The minimum Gasteiger partial charge on any atom is -0.312 e. The van der Waals surface area contributed by atoms with E-state index in [2.05, 4.69) is 17.7 Å². The average Bonchev–Trinajstić information content (AvgIpc) is 2.89. The summed E-state index contributed by atoms with van der Waals surface area (Å²) in [6, 6.07) is 5.96. The SMILES string of the molecule is Cn1cc2cc(N3CC(CS)CC3=O)ccc2n1. The van der Waals surface area contributed by atoms with Gasteiger partial charge in [0, 0.05) is 37.3 Å². The highest BCUT2D eigenvalue weighted by Gasteiger charge is 2.29. The van der Waals surface area contributed by atoms with Gasteiger partial charge in [0.25, 0.3) is 0 Å². The van der Waals surface area contributed by atoms with Gasteiger partial charge in [-0.25, -0.2) is 0 Å². The summed E-state index contributed by atoms with van der Waals surface area (Å²) in [4.78, 5) is 13.8. The quantitative estimate of drug-likeness (QED) is 0.838. The van der Waals surface area contributed by atoms with Crippen molar-refractivity contribution in [2.24, 2.45) is 13.0 Å².